The molecule has 1 aliphatic rings. The maximum absolute atomic E-state index is 13.3. The first-order valence-electron chi connectivity index (χ1n) is 8.73. The molecule has 0 bridgehead atoms. The highest BCUT2D eigenvalue weighted by Crippen LogP contribution is 2.41. The Kier molecular flexibility index (Phi) is 5.59. The van der Waals surface area contributed by atoms with Crippen LogP contribution in [0.2, 0.25) is 0 Å². The van der Waals surface area contributed by atoms with Gasteiger partial charge in [-0.2, -0.15) is 31.4 Å². The molecule has 3 rings (SSSR count). The number of alkyl halides is 6. The lowest BCUT2D eigenvalue weighted by Gasteiger charge is -2.26. The minimum Gasteiger partial charge on any atom is -0.309 e. The lowest BCUT2D eigenvalue weighted by atomic mass is 9.92. The third kappa shape index (κ3) is 5.07. The van der Waals surface area contributed by atoms with Crippen LogP contribution in [-0.4, -0.2) is 28.0 Å². The number of anilines is 1. The summed E-state index contributed by atoms with van der Waals surface area (Å²) in [4.78, 5) is 11.9. The number of benzene rings is 1. The summed E-state index contributed by atoms with van der Waals surface area (Å²) in [5, 5.41) is 6.35. The van der Waals surface area contributed by atoms with E-state index in [0.717, 1.165) is 12.1 Å². The normalized spacial score (nSPS) is 17.1. The molecule has 1 unspecified atom stereocenters. The first kappa shape index (κ1) is 21.1. The van der Waals surface area contributed by atoms with E-state index in [-0.39, 0.29) is 30.0 Å². The molecule has 0 saturated heterocycles. The molecule has 0 fully saturated rings. The van der Waals surface area contributed by atoms with Gasteiger partial charge in [0.15, 0.2) is 5.82 Å². The van der Waals surface area contributed by atoms with Crippen LogP contribution in [0.4, 0.5) is 36.6 Å². The monoisotopic (exact) mass is 423 g/mol. The molecule has 4 nitrogen and oxygen atoms in total. The summed E-state index contributed by atoms with van der Waals surface area (Å²) in [6.07, 6.45) is -11.7. The Morgan fingerprint density at radius 2 is 1.79 bits per heavy atom. The van der Waals surface area contributed by atoms with Gasteiger partial charge in [-0.25, -0.2) is 4.39 Å². The number of halogens is 7. The van der Waals surface area contributed by atoms with E-state index < -0.39 is 49.3 Å². The second-order valence-corrected chi connectivity index (χ2v) is 6.80. The van der Waals surface area contributed by atoms with Crippen LogP contribution < -0.4 is 5.32 Å². The fourth-order valence-electron chi connectivity index (χ4n) is 3.24. The molecule has 1 aromatic carbocycles. The smallest absolute Gasteiger partial charge is 0.309 e. The summed E-state index contributed by atoms with van der Waals surface area (Å²) in [5.74, 6) is -3.28. The van der Waals surface area contributed by atoms with Crippen molar-refractivity contribution < 1.29 is 35.5 Å². The third-order valence-corrected chi connectivity index (χ3v) is 4.68. The lowest BCUT2D eigenvalue weighted by Crippen LogP contribution is -2.31. The van der Waals surface area contributed by atoms with Gasteiger partial charge in [0, 0.05) is 30.6 Å². The summed E-state index contributed by atoms with van der Waals surface area (Å²) < 4.78 is 91.2. The molecule has 2 aromatic rings. The number of nitrogens with zero attached hydrogens (tertiary/aromatic N) is 2. The Labute approximate surface area is 160 Å². The van der Waals surface area contributed by atoms with Gasteiger partial charge in [0.2, 0.25) is 5.91 Å². The maximum atomic E-state index is 13.3. The number of aromatic nitrogens is 2. The van der Waals surface area contributed by atoms with Crippen LogP contribution in [0.25, 0.3) is 11.1 Å². The van der Waals surface area contributed by atoms with E-state index in [9.17, 15) is 35.5 Å². The average molecular weight is 423 g/mol. The molecule has 29 heavy (non-hydrogen) atoms. The van der Waals surface area contributed by atoms with Crippen LogP contribution in [0.1, 0.15) is 25.0 Å². The highest BCUT2D eigenvalue weighted by Gasteiger charge is 2.43. The molecule has 1 aliphatic heterocycles. The molecule has 0 radical (unpaired) electrons. The maximum Gasteiger partial charge on any atom is 0.392 e. The lowest BCUT2D eigenvalue weighted by molar-refractivity contribution is -0.179. The molecular weight excluding hydrogens is 407 g/mol. The molecule has 158 valence electrons. The summed E-state index contributed by atoms with van der Waals surface area (Å²) >= 11 is 0. The van der Waals surface area contributed by atoms with Crippen LogP contribution in [-0.2, 0) is 17.8 Å². The zero-order valence-corrected chi connectivity index (χ0v) is 14.9. The minimum atomic E-state index is -4.52. The second kappa shape index (κ2) is 7.68. The first-order valence-corrected chi connectivity index (χ1v) is 8.73. The number of carbonyl (C=O) groups is 1. The number of amides is 1. The van der Waals surface area contributed by atoms with E-state index in [0.29, 0.717) is 5.56 Å². The van der Waals surface area contributed by atoms with Crippen molar-refractivity contribution in [2.45, 2.75) is 44.6 Å². The molecule has 1 aromatic heterocycles. The van der Waals surface area contributed by atoms with Crippen LogP contribution in [0.5, 0.6) is 0 Å². The zero-order valence-electron chi connectivity index (χ0n) is 14.9. The van der Waals surface area contributed by atoms with Crippen molar-refractivity contribution in [1.82, 2.24) is 9.78 Å². The van der Waals surface area contributed by atoms with Crippen molar-refractivity contribution in [2.24, 2.45) is 5.92 Å². The van der Waals surface area contributed by atoms with E-state index in [4.69, 9.17) is 0 Å². The van der Waals surface area contributed by atoms with Crippen molar-refractivity contribution >= 4 is 11.7 Å². The summed E-state index contributed by atoms with van der Waals surface area (Å²) in [5.41, 5.74) is 0.650. The topological polar surface area (TPSA) is 46.9 Å². The van der Waals surface area contributed by atoms with Gasteiger partial charge < -0.3 is 5.32 Å². The van der Waals surface area contributed by atoms with Crippen LogP contribution in [0.3, 0.4) is 0 Å². The third-order valence-electron chi connectivity index (χ3n) is 4.68. The second-order valence-electron chi connectivity index (χ2n) is 6.80. The molecule has 2 heterocycles. The van der Waals surface area contributed by atoms with E-state index in [2.05, 4.69) is 10.4 Å². The number of hydrogen-bond donors (Lipinski definition) is 1. The van der Waals surface area contributed by atoms with E-state index in [1.165, 1.54) is 16.8 Å². The molecule has 1 amide bonds. The van der Waals surface area contributed by atoms with Crippen molar-refractivity contribution in [3.8, 4) is 11.1 Å². The van der Waals surface area contributed by atoms with Crippen molar-refractivity contribution in [3.63, 3.8) is 0 Å². The highest BCUT2D eigenvalue weighted by atomic mass is 19.4. The van der Waals surface area contributed by atoms with Gasteiger partial charge in [-0.05, 0) is 24.1 Å². The minimum absolute atomic E-state index is 0.0634. The summed E-state index contributed by atoms with van der Waals surface area (Å²) in [6.45, 7) is -0.0634. The van der Waals surface area contributed by atoms with E-state index >= 15 is 0 Å². The molecule has 1 atom stereocenters. The molecular formula is C18H16F7N3O. The van der Waals surface area contributed by atoms with Crippen molar-refractivity contribution in [1.29, 1.82) is 0 Å². The fourth-order valence-corrected chi connectivity index (χ4v) is 3.24. The van der Waals surface area contributed by atoms with Gasteiger partial charge in [0.05, 0.1) is 12.3 Å². The number of aryl methyl sites for hydroxylation is 1. The highest BCUT2D eigenvalue weighted by molar-refractivity contribution is 5.94. The molecule has 11 heteroatoms. The van der Waals surface area contributed by atoms with Gasteiger partial charge in [-0.3, -0.25) is 9.48 Å². The standard InChI is InChI=1S/C18H16F7N3O/c19-12-3-1-10(2-4-12)15-13-9-11(18(23,24)25)6-8-28(13)27-16(15)26-14(29)5-7-17(20,21)22/h1-4,11H,5-9H2,(H,26,27,29). The Balaban J connectivity index is 1.95. The largest absolute Gasteiger partial charge is 0.392 e. The number of fused-ring (bicyclic) bond motifs is 1. The Hall–Kier alpha value is -2.59. The first-order chi connectivity index (χ1) is 13.4. The molecule has 0 spiro atoms. The van der Waals surface area contributed by atoms with Gasteiger partial charge in [-0.1, -0.05) is 12.1 Å². The van der Waals surface area contributed by atoms with Crippen LogP contribution in [0, 0.1) is 11.7 Å². The molecule has 0 saturated carbocycles. The SMILES string of the molecule is O=C(CCC(F)(F)F)Nc1nn2c(c1-c1ccc(F)cc1)CC(C(F)(F)F)CC2. The quantitative estimate of drug-likeness (QED) is 0.696. The zero-order chi connectivity index (χ0) is 21.4. The predicted octanol–water partition coefficient (Wildman–Crippen LogP) is 5.09. The Morgan fingerprint density at radius 3 is 2.38 bits per heavy atom. The van der Waals surface area contributed by atoms with Gasteiger partial charge in [0.1, 0.15) is 5.82 Å². The number of hydrogen-bond acceptors (Lipinski definition) is 2. The van der Waals surface area contributed by atoms with Gasteiger partial charge in [0.25, 0.3) is 0 Å². The molecule has 0 aliphatic carbocycles. The Morgan fingerprint density at radius 1 is 1.14 bits per heavy atom. The van der Waals surface area contributed by atoms with Crippen molar-refractivity contribution in [3.05, 3.63) is 35.8 Å². The number of carbonyl (C=O) groups excluding carboxylic acids is 1. The van der Waals surface area contributed by atoms with E-state index in [1.807, 2.05) is 0 Å². The Bertz CT molecular complexity index is 885. The molecule has 1 N–H and O–H groups in total. The number of nitrogens with one attached hydrogen (secondary N) is 1. The summed E-state index contributed by atoms with van der Waals surface area (Å²) in [6, 6.07) is 4.82. The van der Waals surface area contributed by atoms with Gasteiger partial charge >= 0.3 is 12.4 Å². The van der Waals surface area contributed by atoms with E-state index in [1.54, 1.807) is 0 Å². The van der Waals surface area contributed by atoms with Crippen LogP contribution >= 0.6 is 0 Å². The van der Waals surface area contributed by atoms with Gasteiger partial charge in [-0.15, -0.1) is 0 Å². The average Bonchev–Trinajstić information content (AvgIpc) is 2.96. The fraction of sp³-hybridized carbons (Fsp3) is 0.444. The van der Waals surface area contributed by atoms with Crippen molar-refractivity contribution in [2.75, 3.05) is 5.32 Å². The van der Waals surface area contributed by atoms with Crippen LogP contribution in [0.15, 0.2) is 24.3 Å². The number of rotatable bonds is 4. The predicted molar refractivity (Wildman–Crippen MR) is 89.4 cm³/mol. The summed E-state index contributed by atoms with van der Waals surface area (Å²) in [7, 11) is 0.